The first kappa shape index (κ1) is 10.7. The van der Waals surface area contributed by atoms with Gasteiger partial charge in [0.05, 0.1) is 0 Å². The number of nitrogens with zero attached hydrogens (tertiary/aromatic N) is 1. The second-order valence-electron chi connectivity index (χ2n) is 5.58. The lowest BCUT2D eigenvalue weighted by atomic mass is 10.2. The van der Waals surface area contributed by atoms with Crippen molar-refractivity contribution in [2.45, 2.75) is 51.3 Å². The van der Waals surface area contributed by atoms with Crippen molar-refractivity contribution in [3.63, 3.8) is 0 Å². The molecule has 0 bridgehead atoms. The van der Waals surface area contributed by atoms with Gasteiger partial charge in [-0.05, 0) is 39.5 Å². The molecule has 1 amide bonds. The smallest absolute Gasteiger partial charge is 0.410 e. The predicted octanol–water partition coefficient (Wildman–Crippen LogP) is 1.34. The fraction of sp³-hybridized carbons (Fsp3) is 0.909. The third kappa shape index (κ3) is 2.09. The average Bonchev–Trinajstić information content (AvgIpc) is 2.73. The van der Waals surface area contributed by atoms with Gasteiger partial charge < -0.3 is 15.4 Å². The lowest BCUT2D eigenvalue weighted by Gasteiger charge is -2.29. The van der Waals surface area contributed by atoms with E-state index in [1.54, 1.807) is 0 Å². The summed E-state index contributed by atoms with van der Waals surface area (Å²) in [6.45, 7) is 6.22. The monoisotopic (exact) mass is 212 g/mol. The standard InChI is InChI=1S/C11H20N2O2/c1-11(2,3)15-10(14)13-8(6-12)4-7-5-9(7)13/h7-9H,4-6,12H2,1-3H3. The lowest BCUT2D eigenvalue weighted by molar-refractivity contribution is 0.0191. The highest BCUT2D eigenvalue weighted by Gasteiger charge is 2.54. The van der Waals surface area contributed by atoms with Crippen molar-refractivity contribution >= 4 is 6.09 Å². The topological polar surface area (TPSA) is 55.6 Å². The summed E-state index contributed by atoms with van der Waals surface area (Å²) < 4.78 is 5.38. The third-order valence-corrected chi connectivity index (χ3v) is 3.09. The molecule has 2 N–H and O–H groups in total. The number of rotatable bonds is 1. The first-order valence-electron chi connectivity index (χ1n) is 5.64. The van der Waals surface area contributed by atoms with E-state index in [9.17, 15) is 4.79 Å². The molecule has 0 spiro atoms. The number of fused-ring (bicyclic) bond motifs is 1. The molecule has 0 aromatic heterocycles. The van der Waals surface area contributed by atoms with Crippen LogP contribution in [0.25, 0.3) is 0 Å². The number of piperidine rings is 1. The van der Waals surface area contributed by atoms with E-state index >= 15 is 0 Å². The summed E-state index contributed by atoms with van der Waals surface area (Å²) in [5.41, 5.74) is 5.25. The number of hydrogen-bond acceptors (Lipinski definition) is 3. The third-order valence-electron chi connectivity index (χ3n) is 3.09. The van der Waals surface area contributed by atoms with Crippen molar-refractivity contribution in [2.75, 3.05) is 6.54 Å². The van der Waals surface area contributed by atoms with E-state index in [4.69, 9.17) is 10.5 Å². The van der Waals surface area contributed by atoms with E-state index in [0.29, 0.717) is 18.5 Å². The van der Waals surface area contributed by atoms with Crippen LogP contribution >= 0.6 is 0 Å². The Kier molecular flexibility index (Phi) is 2.41. The summed E-state index contributed by atoms with van der Waals surface area (Å²) >= 11 is 0. The SMILES string of the molecule is CC(C)(C)OC(=O)N1C(CN)CC2CC21. The first-order valence-corrected chi connectivity index (χ1v) is 5.64. The number of hydrogen-bond donors (Lipinski definition) is 1. The predicted molar refractivity (Wildman–Crippen MR) is 57.4 cm³/mol. The maximum atomic E-state index is 11.9. The van der Waals surface area contributed by atoms with Gasteiger partial charge in [0.2, 0.25) is 0 Å². The Morgan fingerprint density at radius 3 is 2.67 bits per heavy atom. The number of amides is 1. The van der Waals surface area contributed by atoms with Crippen molar-refractivity contribution in [2.24, 2.45) is 11.7 Å². The molecule has 0 aromatic rings. The van der Waals surface area contributed by atoms with Gasteiger partial charge in [0.15, 0.2) is 0 Å². The van der Waals surface area contributed by atoms with Crippen LogP contribution in [0.1, 0.15) is 33.6 Å². The van der Waals surface area contributed by atoms with E-state index in [0.717, 1.165) is 12.8 Å². The summed E-state index contributed by atoms with van der Waals surface area (Å²) in [5, 5.41) is 0. The van der Waals surface area contributed by atoms with Crippen LogP contribution in [0.4, 0.5) is 4.79 Å². The Morgan fingerprint density at radius 1 is 1.47 bits per heavy atom. The Morgan fingerprint density at radius 2 is 2.13 bits per heavy atom. The minimum atomic E-state index is -0.413. The van der Waals surface area contributed by atoms with E-state index in [2.05, 4.69) is 0 Å². The van der Waals surface area contributed by atoms with Crippen LogP contribution in [0.15, 0.2) is 0 Å². The van der Waals surface area contributed by atoms with Crippen molar-refractivity contribution in [3.8, 4) is 0 Å². The van der Waals surface area contributed by atoms with Crippen LogP contribution in [-0.2, 0) is 4.74 Å². The molecule has 3 unspecified atom stereocenters. The zero-order valence-corrected chi connectivity index (χ0v) is 9.69. The fourth-order valence-electron chi connectivity index (χ4n) is 2.37. The number of nitrogens with two attached hydrogens (primary N) is 1. The van der Waals surface area contributed by atoms with Gasteiger partial charge in [-0.2, -0.15) is 0 Å². The largest absolute Gasteiger partial charge is 0.444 e. The fourth-order valence-corrected chi connectivity index (χ4v) is 2.37. The highest BCUT2D eigenvalue weighted by molar-refractivity contribution is 5.70. The van der Waals surface area contributed by atoms with Crippen LogP contribution in [-0.4, -0.2) is 35.2 Å². The number of carbonyl (C=O) groups is 1. The van der Waals surface area contributed by atoms with Crippen LogP contribution in [0.2, 0.25) is 0 Å². The molecule has 1 aliphatic heterocycles. The normalized spacial score (nSPS) is 33.9. The van der Waals surface area contributed by atoms with Gasteiger partial charge in [-0.25, -0.2) is 4.79 Å². The summed E-state index contributed by atoms with van der Waals surface area (Å²) in [6, 6.07) is 0.608. The molecule has 4 nitrogen and oxygen atoms in total. The zero-order valence-electron chi connectivity index (χ0n) is 9.69. The van der Waals surface area contributed by atoms with Crippen molar-refractivity contribution in [3.05, 3.63) is 0 Å². The van der Waals surface area contributed by atoms with Gasteiger partial charge in [-0.3, -0.25) is 0 Å². The molecule has 4 heteroatoms. The molecule has 2 aliphatic rings. The number of carbonyl (C=O) groups excluding carboxylic acids is 1. The summed E-state index contributed by atoms with van der Waals surface area (Å²) in [5.74, 6) is 0.686. The molecular formula is C11H20N2O2. The molecule has 15 heavy (non-hydrogen) atoms. The maximum absolute atomic E-state index is 11.9. The van der Waals surface area contributed by atoms with Crippen molar-refractivity contribution in [1.29, 1.82) is 0 Å². The average molecular weight is 212 g/mol. The highest BCUT2D eigenvalue weighted by atomic mass is 16.6. The molecule has 0 radical (unpaired) electrons. The molecule has 1 heterocycles. The van der Waals surface area contributed by atoms with E-state index in [-0.39, 0.29) is 12.1 Å². The number of ether oxygens (including phenoxy) is 1. The zero-order chi connectivity index (χ0) is 11.2. The van der Waals surface area contributed by atoms with Crippen molar-refractivity contribution < 1.29 is 9.53 Å². The molecule has 1 saturated heterocycles. The van der Waals surface area contributed by atoms with Crippen LogP contribution in [0.3, 0.4) is 0 Å². The van der Waals surface area contributed by atoms with Gasteiger partial charge in [0, 0.05) is 18.6 Å². The lowest BCUT2D eigenvalue weighted by Crippen LogP contribution is -2.45. The number of likely N-dealkylation sites (tertiary alicyclic amines) is 1. The molecule has 86 valence electrons. The molecule has 1 saturated carbocycles. The van der Waals surface area contributed by atoms with E-state index < -0.39 is 5.60 Å². The second-order valence-corrected chi connectivity index (χ2v) is 5.58. The van der Waals surface area contributed by atoms with Gasteiger partial charge in [-0.1, -0.05) is 0 Å². The highest BCUT2D eigenvalue weighted by Crippen LogP contribution is 2.47. The first-order chi connectivity index (χ1) is 6.92. The minimum Gasteiger partial charge on any atom is -0.444 e. The molecule has 2 fully saturated rings. The molecule has 3 atom stereocenters. The molecule has 1 aliphatic carbocycles. The van der Waals surface area contributed by atoms with Crippen LogP contribution < -0.4 is 5.73 Å². The Hall–Kier alpha value is -0.770. The van der Waals surface area contributed by atoms with Crippen LogP contribution in [0.5, 0.6) is 0 Å². The Labute approximate surface area is 90.8 Å². The quantitative estimate of drug-likeness (QED) is 0.713. The Balaban J connectivity index is 1.99. The minimum absolute atomic E-state index is 0.192. The van der Waals surface area contributed by atoms with Gasteiger partial charge >= 0.3 is 6.09 Å². The molecular weight excluding hydrogens is 192 g/mol. The summed E-state index contributed by atoms with van der Waals surface area (Å²) in [7, 11) is 0. The van der Waals surface area contributed by atoms with Gasteiger partial charge in [0.1, 0.15) is 5.60 Å². The van der Waals surface area contributed by atoms with Crippen molar-refractivity contribution in [1.82, 2.24) is 4.90 Å². The summed E-state index contributed by atoms with van der Waals surface area (Å²) in [6.07, 6.45) is 2.00. The maximum Gasteiger partial charge on any atom is 0.410 e. The van der Waals surface area contributed by atoms with E-state index in [1.165, 1.54) is 0 Å². The second kappa shape index (κ2) is 3.37. The Bertz CT molecular complexity index is 272. The van der Waals surface area contributed by atoms with Gasteiger partial charge in [-0.15, -0.1) is 0 Å². The molecule has 2 rings (SSSR count). The summed E-state index contributed by atoms with van der Waals surface area (Å²) in [4.78, 5) is 13.8. The van der Waals surface area contributed by atoms with Crippen LogP contribution in [0, 0.1) is 5.92 Å². The van der Waals surface area contributed by atoms with E-state index in [1.807, 2.05) is 25.7 Å². The van der Waals surface area contributed by atoms with Gasteiger partial charge in [0.25, 0.3) is 0 Å². The molecule has 0 aromatic carbocycles.